The molecular weight excluding hydrogens is 246 g/mol. The summed E-state index contributed by atoms with van der Waals surface area (Å²) < 4.78 is 2.00. The van der Waals surface area contributed by atoms with Crippen LogP contribution in [0.5, 0.6) is 0 Å². The molecule has 0 aliphatic heterocycles. The largest absolute Gasteiger partial charge is 0.368 e. The lowest BCUT2D eigenvalue weighted by molar-refractivity contribution is 0.560. The second kappa shape index (κ2) is 5.31. The summed E-state index contributed by atoms with van der Waals surface area (Å²) in [5.74, 6) is 1.05. The Morgan fingerprint density at radius 2 is 1.70 bits per heavy atom. The van der Waals surface area contributed by atoms with Gasteiger partial charge in [-0.15, -0.1) is 0 Å². The van der Waals surface area contributed by atoms with E-state index in [-0.39, 0.29) is 5.41 Å². The number of nitrogens with one attached hydrogen (secondary N) is 1. The zero-order valence-electron chi connectivity index (χ0n) is 13.4. The van der Waals surface area contributed by atoms with Gasteiger partial charge < -0.3 is 5.32 Å². The Morgan fingerprint density at radius 1 is 1.10 bits per heavy atom. The molecule has 0 saturated carbocycles. The van der Waals surface area contributed by atoms with Crippen LogP contribution in [0.3, 0.4) is 0 Å². The minimum Gasteiger partial charge on any atom is -0.368 e. The van der Waals surface area contributed by atoms with Crippen LogP contribution in [0, 0.1) is 6.92 Å². The van der Waals surface area contributed by atoms with Crippen molar-refractivity contribution in [2.75, 3.05) is 5.32 Å². The smallest absolute Gasteiger partial charge is 0.130 e. The number of hydrogen-bond acceptors (Lipinski definition) is 2. The molecule has 0 unspecified atom stereocenters. The van der Waals surface area contributed by atoms with E-state index in [2.05, 4.69) is 77.2 Å². The summed E-state index contributed by atoms with van der Waals surface area (Å²) in [4.78, 5) is 0. The molecule has 3 heteroatoms. The van der Waals surface area contributed by atoms with Crippen molar-refractivity contribution in [1.29, 1.82) is 0 Å². The predicted molar refractivity (Wildman–Crippen MR) is 85.8 cm³/mol. The van der Waals surface area contributed by atoms with Crippen LogP contribution in [-0.4, -0.2) is 15.8 Å². The molecule has 2 aromatic rings. The highest BCUT2D eigenvalue weighted by molar-refractivity contribution is 5.48. The third-order valence-electron chi connectivity index (χ3n) is 3.19. The van der Waals surface area contributed by atoms with Gasteiger partial charge in [0.2, 0.25) is 0 Å². The summed E-state index contributed by atoms with van der Waals surface area (Å²) in [6.45, 7) is 12.9. The summed E-state index contributed by atoms with van der Waals surface area (Å²) in [6, 6.07) is 11.0. The molecule has 20 heavy (non-hydrogen) atoms. The summed E-state index contributed by atoms with van der Waals surface area (Å²) in [5.41, 5.74) is 3.49. The van der Waals surface area contributed by atoms with Crippen molar-refractivity contribution in [2.45, 2.75) is 53.0 Å². The number of aromatic nitrogens is 2. The summed E-state index contributed by atoms with van der Waals surface area (Å²) in [5, 5.41) is 8.27. The fourth-order valence-electron chi connectivity index (χ4n) is 2.03. The molecule has 0 aliphatic carbocycles. The molecule has 108 valence electrons. The van der Waals surface area contributed by atoms with Crippen molar-refractivity contribution < 1.29 is 0 Å². The van der Waals surface area contributed by atoms with E-state index < -0.39 is 0 Å². The van der Waals surface area contributed by atoms with Crippen LogP contribution in [0.1, 0.15) is 45.9 Å². The first-order valence-corrected chi connectivity index (χ1v) is 7.21. The van der Waals surface area contributed by atoms with Gasteiger partial charge in [0.25, 0.3) is 0 Å². The number of hydrogen-bond donors (Lipinski definition) is 1. The highest BCUT2D eigenvalue weighted by atomic mass is 15.3. The Morgan fingerprint density at radius 3 is 2.20 bits per heavy atom. The monoisotopic (exact) mass is 271 g/mol. The fourth-order valence-corrected chi connectivity index (χ4v) is 2.03. The Balaban J connectivity index is 2.49. The van der Waals surface area contributed by atoms with E-state index in [0.717, 1.165) is 17.2 Å². The average Bonchev–Trinajstić information content (AvgIpc) is 2.73. The quantitative estimate of drug-likeness (QED) is 0.902. The molecule has 2 rings (SSSR count). The lowest BCUT2D eigenvalue weighted by atomic mass is 9.92. The van der Waals surface area contributed by atoms with Crippen molar-refractivity contribution in [3.05, 3.63) is 41.6 Å². The zero-order valence-corrected chi connectivity index (χ0v) is 13.4. The van der Waals surface area contributed by atoms with E-state index in [1.165, 1.54) is 5.56 Å². The Bertz CT molecular complexity index is 571. The third kappa shape index (κ3) is 3.21. The van der Waals surface area contributed by atoms with Crippen molar-refractivity contribution in [3.63, 3.8) is 0 Å². The van der Waals surface area contributed by atoms with E-state index in [0.29, 0.717) is 6.04 Å². The van der Waals surface area contributed by atoms with Gasteiger partial charge in [-0.05, 0) is 32.9 Å². The van der Waals surface area contributed by atoms with E-state index in [1.54, 1.807) is 0 Å². The maximum atomic E-state index is 4.79. The van der Waals surface area contributed by atoms with E-state index in [4.69, 9.17) is 5.10 Å². The summed E-state index contributed by atoms with van der Waals surface area (Å²) >= 11 is 0. The van der Waals surface area contributed by atoms with E-state index >= 15 is 0 Å². The number of nitrogens with zero attached hydrogens (tertiary/aromatic N) is 2. The molecule has 0 bridgehead atoms. The number of anilines is 1. The highest BCUT2D eigenvalue weighted by Gasteiger charge is 2.20. The van der Waals surface area contributed by atoms with Crippen molar-refractivity contribution in [1.82, 2.24) is 9.78 Å². The van der Waals surface area contributed by atoms with Gasteiger partial charge in [-0.25, -0.2) is 4.68 Å². The Labute approximate surface area is 122 Å². The maximum absolute atomic E-state index is 4.79. The third-order valence-corrected chi connectivity index (χ3v) is 3.19. The van der Waals surface area contributed by atoms with Crippen LogP contribution >= 0.6 is 0 Å². The molecule has 1 aromatic heterocycles. The molecule has 0 saturated heterocycles. The van der Waals surface area contributed by atoms with Crippen LogP contribution < -0.4 is 5.32 Å². The van der Waals surface area contributed by atoms with Gasteiger partial charge in [0.05, 0.1) is 11.4 Å². The minimum atomic E-state index is 0.0450. The number of benzene rings is 1. The van der Waals surface area contributed by atoms with Crippen LogP contribution in [0.2, 0.25) is 0 Å². The Kier molecular flexibility index (Phi) is 3.89. The number of rotatable bonds is 3. The van der Waals surface area contributed by atoms with Gasteiger partial charge in [-0.3, -0.25) is 0 Å². The van der Waals surface area contributed by atoms with Gasteiger partial charge in [0, 0.05) is 17.5 Å². The van der Waals surface area contributed by atoms with Gasteiger partial charge in [0.15, 0.2) is 0 Å². The number of aryl methyl sites for hydroxylation is 1. The molecule has 3 nitrogen and oxygen atoms in total. The second-order valence-electron chi connectivity index (χ2n) is 6.71. The summed E-state index contributed by atoms with van der Waals surface area (Å²) in [7, 11) is 0. The lowest BCUT2D eigenvalue weighted by Gasteiger charge is -2.14. The standard InChI is InChI=1S/C17H25N3/c1-12(2)18-16-11-15(17(4,5)6)19-20(16)14-9-7-13(3)8-10-14/h7-12,18H,1-6H3. The Hall–Kier alpha value is -1.77. The highest BCUT2D eigenvalue weighted by Crippen LogP contribution is 2.26. The molecule has 0 spiro atoms. The normalized spacial score (nSPS) is 11.9. The van der Waals surface area contributed by atoms with Crippen LogP contribution in [0.25, 0.3) is 5.69 Å². The van der Waals surface area contributed by atoms with Crippen molar-refractivity contribution in [2.24, 2.45) is 0 Å². The first-order chi connectivity index (χ1) is 9.27. The molecule has 1 N–H and O–H groups in total. The van der Waals surface area contributed by atoms with Gasteiger partial charge in [-0.2, -0.15) is 5.10 Å². The van der Waals surface area contributed by atoms with Gasteiger partial charge in [0.1, 0.15) is 5.82 Å². The van der Waals surface area contributed by atoms with Crippen LogP contribution in [0.15, 0.2) is 30.3 Å². The van der Waals surface area contributed by atoms with Crippen LogP contribution in [-0.2, 0) is 5.41 Å². The van der Waals surface area contributed by atoms with Crippen molar-refractivity contribution >= 4 is 5.82 Å². The van der Waals surface area contributed by atoms with E-state index in [9.17, 15) is 0 Å². The molecule has 0 atom stereocenters. The molecule has 0 amide bonds. The first kappa shape index (κ1) is 14.6. The average molecular weight is 271 g/mol. The van der Waals surface area contributed by atoms with E-state index in [1.807, 2.05) is 4.68 Å². The molecule has 1 aromatic carbocycles. The molecule has 0 fully saturated rings. The first-order valence-electron chi connectivity index (χ1n) is 7.21. The topological polar surface area (TPSA) is 29.9 Å². The van der Waals surface area contributed by atoms with Crippen LogP contribution in [0.4, 0.5) is 5.82 Å². The molecule has 0 aliphatic rings. The predicted octanol–water partition coefficient (Wildman–Crippen LogP) is 4.30. The zero-order chi connectivity index (χ0) is 14.9. The molecular formula is C17H25N3. The lowest BCUT2D eigenvalue weighted by Crippen LogP contribution is -2.14. The van der Waals surface area contributed by atoms with Gasteiger partial charge >= 0.3 is 0 Å². The van der Waals surface area contributed by atoms with Gasteiger partial charge in [-0.1, -0.05) is 38.5 Å². The second-order valence-corrected chi connectivity index (χ2v) is 6.71. The van der Waals surface area contributed by atoms with Crippen molar-refractivity contribution in [3.8, 4) is 5.69 Å². The fraction of sp³-hybridized carbons (Fsp3) is 0.471. The summed E-state index contributed by atoms with van der Waals surface area (Å²) in [6.07, 6.45) is 0. The molecule has 0 radical (unpaired) electrons. The maximum Gasteiger partial charge on any atom is 0.130 e. The molecule has 1 heterocycles. The SMILES string of the molecule is Cc1ccc(-n2nc(C(C)(C)C)cc2NC(C)C)cc1. The minimum absolute atomic E-state index is 0.0450.